The molecule has 1 aromatic heterocycles. The summed E-state index contributed by atoms with van der Waals surface area (Å²) in [5.74, 6) is 0.136. The van der Waals surface area contributed by atoms with Gasteiger partial charge in [0.05, 0.1) is 12.8 Å². The maximum absolute atomic E-state index is 11.9. The minimum Gasteiger partial charge on any atom is -0.504 e. The second-order valence-corrected chi connectivity index (χ2v) is 4.89. The van der Waals surface area contributed by atoms with Crippen molar-refractivity contribution in [2.24, 2.45) is 5.10 Å². The second kappa shape index (κ2) is 8.47. The standard InChI is InChI=1S/C18H19N3O3/c1-3-5-15-10-13(11-16(17(15)22)24-4-2)12-20-21-18(23)14-6-8-19-9-7-14/h3,6-12,22H,1,4-5H2,2H3,(H,21,23). The molecule has 1 aromatic carbocycles. The summed E-state index contributed by atoms with van der Waals surface area (Å²) in [7, 11) is 0. The first-order valence-electron chi connectivity index (χ1n) is 7.48. The molecular formula is C18H19N3O3. The Balaban J connectivity index is 2.16. The highest BCUT2D eigenvalue weighted by Gasteiger charge is 2.09. The number of aromatic nitrogens is 1. The first-order valence-corrected chi connectivity index (χ1v) is 7.48. The number of nitrogens with zero attached hydrogens (tertiary/aromatic N) is 2. The van der Waals surface area contributed by atoms with E-state index in [0.717, 1.165) is 0 Å². The number of hydrogen-bond donors (Lipinski definition) is 2. The molecular weight excluding hydrogens is 306 g/mol. The fourth-order valence-corrected chi connectivity index (χ4v) is 2.07. The third-order valence-electron chi connectivity index (χ3n) is 3.16. The van der Waals surface area contributed by atoms with Gasteiger partial charge in [0.25, 0.3) is 5.91 Å². The van der Waals surface area contributed by atoms with Crippen molar-refractivity contribution in [3.05, 3.63) is 66.0 Å². The molecule has 124 valence electrons. The molecule has 0 spiro atoms. The number of rotatable bonds is 7. The Kier molecular flexibility index (Phi) is 6.08. The maximum Gasteiger partial charge on any atom is 0.271 e. The average Bonchev–Trinajstić information content (AvgIpc) is 2.60. The fraction of sp³-hybridized carbons (Fsp3) is 0.167. The molecule has 1 amide bonds. The molecule has 0 aliphatic carbocycles. The van der Waals surface area contributed by atoms with Crippen molar-refractivity contribution < 1.29 is 14.6 Å². The number of hydrogen-bond acceptors (Lipinski definition) is 5. The van der Waals surface area contributed by atoms with Crippen LogP contribution in [0.4, 0.5) is 0 Å². The van der Waals surface area contributed by atoms with Crippen LogP contribution in [-0.4, -0.2) is 28.8 Å². The molecule has 0 radical (unpaired) electrons. The van der Waals surface area contributed by atoms with Crippen molar-refractivity contribution in [3.8, 4) is 11.5 Å². The molecule has 0 aliphatic heterocycles. The lowest BCUT2D eigenvalue weighted by molar-refractivity contribution is 0.0955. The third-order valence-corrected chi connectivity index (χ3v) is 3.16. The molecule has 1 heterocycles. The van der Waals surface area contributed by atoms with Gasteiger partial charge in [-0.25, -0.2) is 5.43 Å². The van der Waals surface area contributed by atoms with Crippen molar-refractivity contribution >= 4 is 12.1 Å². The summed E-state index contributed by atoms with van der Waals surface area (Å²) in [5.41, 5.74) is 4.29. The minimum atomic E-state index is -0.330. The number of benzene rings is 1. The highest BCUT2D eigenvalue weighted by Crippen LogP contribution is 2.31. The molecule has 0 unspecified atom stereocenters. The minimum absolute atomic E-state index is 0.0923. The Morgan fingerprint density at radius 3 is 2.83 bits per heavy atom. The van der Waals surface area contributed by atoms with Gasteiger partial charge >= 0.3 is 0 Å². The maximum atomic E-state index is 11.9. The smallest absolute Gasteiger partial charge is 0.271 e. The van der Waals surface area contributed by atoms with Crippen molar-refractivity contribution in [2.75, 3.05) is 6.61 Å². The largest absolute Gasteiger partial charge is 0.504 e. The monoisotopic (exact) mass is 325 g/mol. The van der Waals surface area contributed by atoms with Crippen LogP contribution in [0, 0.1) is 0 Å². The molecule has 24 heavy (non-hydrogen) atoms. The number of phenolic OH excluding ortho intramolecular Hbond substituents is 1. The van der Waals surface area contributed by atoms with Gasteiger partial charge in [0.1, 0.15) is 0 Å². The zero-order valence-corrected chi connectivity index (χ0v) is 13.4. The predicted molar refractivity (Wildman–Crippen MR) is 92.5 cm³/mol. The van der Waals surface area contributed by atoms with Gasteiger partial charge < -0.3 is 9.84 Å². The van der Waals surface area contributed by atoms with Crippen LogP contribution in [0.25, 0.3) is 0 Å². The van der Waals surface area contributed by atoms with Crippen LogP contribution in [-0.2, 0) is 6.42 Å². The lowest BCUT2D eigenvalue weighted by atomic mass is 10.1. The highest BCUT2D eigenvalue weighted by molar-refractivity contribution is 5.94. The van der Waals surface area contributed by atoms with Crippen LogP contribution in [0.5, 0.6) is 11.5 Å². The summed E-state index contributed by atoms with van der Waals surface area (Å²) < 4.78 is 5.42. The zero-order valence-electron chi connectivity index (χ0n) is 13.4. The molecule has 0 fully saturated rings. The van der Waals surface area contributed by atoms with Gasteiger partial charge in [-0.05, 0) is 43.2 Å². The van der Waals surface area contributed by atoms with Gasteiger partial charge in [-0.2, -0.15) is 5.10 Å². The van der Waals surface area contributed by atoms with Gasteiger partial charge in [0.2, 0.25) is 0 Å². The van der Waals surface area contributed by atoms with Crippen molar-refractivity contribution in [1.82, 2.24) is 10.4 Å². The van der Waals surface area contributed by atoms with Gasteiger partial charge in [-0.3, -0.25) is 9.78 Å². The lowest BCUT2D eigenvalue weighted by Crippen LogP contribution is -2.17. The van der Waals surface area contributed by atoms with Crippen LogP contribution in [0.3, 0.4) is 0 Å². The Labute approximate surface area is 140 Å². The molecule has 0 bridgehead atoms. The molecule has 2 rings (SSSR count). The van der Waals surface area contributed by atoms with E-state index in [0.29, 0.717) is 35.5 Å². The summed E-state index contributed by atoms with van der Waals surface area (Å²) in [6, 6.07) is 6.62. The fourth-order valence-electron chi connectivity index (χ4n) is 2.07. The molecule has 2 aromatic rings. The van der Waals surface area contributed by atoms with Gasteiger partial charge in [0.15, 0.2) is 11.5 Å². The molecule has 0 saturated carbocycles. The Morgan fingerprint density at radius 1 is 1.42 bits per heavy atom. The SMILES string of the molecule is C=CCc1cc(C=NNC(=O)c2ccncc2)cc(OCC)c1O. The van der Waals surface area contributed by atoms with E-state index in [-0.39, 0.29) is 11.7 Å². The van der Waals surface area contributed by atoms with Gasteiger partial charge in [-0.1, -0.05) is 6.08 Å². The van der Waals surface area contributed by atoms with E-state index in [2.05, 4.69) is 22.1 Å². The quantitative estimate of drug-likeness (QED) is 0.466. The normalized spacial score (nSPS) is 10.5. The van der Waals surface area contributed by atoms with Crippen molar-refractivity contribution in [3.63, 3.8) is 0 Å². The Bertz CT molecular complexity index is 743. The third kappa shape index (κ3) is 4.42. The molecule has 6 heteroatoms. The van der Waals surface area contributed by atoms with Crippen LogP contribution >= 0.6 is 0 Å². The Hall–Kier alpha value is -3.15. The van der Waals surface area contributed by atoms with Crippen LogP contribution in [0.1, 0.15) is 28.4 Å². The number of amides is 1. The molecule has 6 nitrogen and oxygen atoms in total. The van der Waals surface area contributed by atoms with Crippen LogP contribution in [0.2, 0.25) is 0 Å². The second-order valence-electron chi connectivity index (χ2n) is 4.89. The Morgan fingerprint density at radius 2 is 2.17 bits per heavy atom. The van der Waals surface area contributed by atoms with Gasteiger partial charge in [-0.15, -0.1) is 6.58 Å². The number of phenols is 1. The van der Waals surface area contributed by atoms with E-state index in [1.165, 1.54) is 18.6 Å². The molecule has 0 atom stereocenters. The van der Waals surface area contributed by atoms with E-state index < -0.39 is 0 Å². The average molecular weight is 325 g/mol. The molecule has 0 aliphatic rings. The molecule has 0 saturated heterocycles. The van der Waals surface area contributed by atoms with Gasteiger partial charge in [0, 0.05) is 23.5 Å². The van der Waals surface area contributed by atoms with Crippen LogP contribution < -0.4 is 10.2 Å². The number of hydrazone groups is 1. The summed E-state index contributed by atoms with van der Waals surface area (Å²) in [6.45, 7) is 5.94. The zero-order chi connectivity index (χ0) is 17.4. The molecule has 2 N–H and O–H groups in total. The summed E-state index contributed by atoms with van der Waals surface area (Å²) in [5, 5.41) is 14.1. The number of carbonyl (C=O) groups is 1. The number of carbonyl (C=O) groups excluding carboxylic acids is 1. The first-order chi connectivity index (χ1) is 11.7. The first kappa shape index (κ1) is 17.2. The predicted octanol–water partition coefficient (Wildman–Crippen LogP) is 2.68. The highest BCUT2D eigenvalue weighted by atomic mass is 16.5. The number of pyridine rings is 1. The van der Waals surface area contributed by atoms with E-state index in [9.17, 15) is 9.90 Å². The number of allylic oxidation sites excluding steroid dienone is 1. The van der Waals surface area contributed by atoms with E-state index in [1.807, 2.05) is 6.92 Å². The van der Waals surface area contributed by atoms with E-state index in [1.54, 1.807) is 30.3 Å². The van der Waals surface area contributed by atoms with E-state index in [4.69, 9.17) is 4.74 Å². The summed E-state index contributed by atoms with van der Waals surface area (Å²) >= 11 is 0. The van der Waals surface area contributed by atoms with Crippen LogP contribution in [0.15, 0.2) is 54.4 Å². The van der Waals surface area contributed by atoms with Crippen molar-refractivity contribution in [2.45, 2.75) is 13.3 Å². The summed E-state index contributed by atoms with van der Waals surface area (Å²) in [6.07, 6.45) is 6.75. The number of nitrogens with one attached hydrogen (secondary N) is 1. The number of ether oxygens (including phenoxy) is 1. The lowest BCUT2D eigenvalue weighted by Gasteiger charge is -2.10. The van der Waals surface area contributed by atoms with E-state index >= 15 is 0 Å². The topological polar surface area (TPSA) is 83.8 Å². The number of aromatic hydroxyl groups is 1. The van der Waals surface area contributed by atoms with Crippen molar-refractivity contribution in [1.29, 1.82) is 0 Å². The summed E-state index contributed by atoms with van der Waals surface area (Å²) in [4.78, 5) is 15.8.